The summed E-state index contributed by atoms with van der Waals surface area (Å²) in [6.07, 6.45) is -0.373. The molecule has 126 valence electrons. The summed E-state index contributed by atoms with van der Waals surface area (Å²) < 4.78 is 0. The molecule has 22 heavy (non-hydrogen) atoms. The molecule has 0 fully saturated rings. The van der Waals surface area contributed by atoms with E-state index in [1.54, 1.807) is 0 Å². The van der Waals surface area contributed by atoms with Gasteiger partial charge in [0.1, 0.15) is 18.6 Å². The van der Waals surface area contributed by atoms with Gasteiger partial charge in [0, 0.05) is 12.2 Å². The fourth-order valence-corrected chi connectivity index (χ4v) is 1.60. The van der Waals surface area contributed by atoms with Crippen molar-refractivity contribution in [2.24, 2.45) is 5.73 Å². The number of nitrogens with one attached hydrogen (secondary N) is 2. The number of thiol groups is 1. The van der Waals surface area contributed by atoms with Crippen molar-refractivity contribution in [3.05, 3.63) is 0 Å². The number of aliphatic carboxylic acids is 2. The van der Waals surface area contributed by atoms with E-state index >= 15 is 0 Å². The molecule has 2 atom stereocenters. The molecule has 0 bridgehead atoms. The molecule has 2 unspecified atom stereocenters. The number of hydrogen-bond acceptors (Lipinski definition) is 8. The Balaban J connectivity index is 4.56. The standard InChI is InChI=1S/C10H18N4O7S/c11-5(10(19)20)1-2-7(15)12-6(4-22)9(18)14(13-21)3-8(16)17/h5-6,13,21-22H,1-4,11H2,(H,12,15)(H,16,17)(H,19,20). The molecular weight excluding hydrogens is 320 g/mol. The van der Waals surface area contributed by atoms with Crippen molar-refractivity contribution in [1.82, 2.24) is 15.9 Å². The van der Waals surface area contributed by atoms with E-state index < -0.39 is 42.4 Å². The Labute approximate surface area is 130 Å². The van der Waals surface area contributed by atoms with E-state index in [2.05, 4.69) is 17.9 Å². The zero-order chi connectivity index (χ0) is 17.3. The monoisotopic (exact) mass is 338 g/mol. The Kier molecular flexibility index (Phi) is 9.09. The van der Waals surface area contributed by atoms with E-state index in [0.717, 1.165) is 0 Å². The number of carboxylic acid groups (broad SMARTS) is 2. The minimum absolute atomic E-state index is 0.133. The lowest BCUT2D eigenvalue weighted by Crippen LogP contribution is -2.54. The molecule has 2 amide bonds. The first-order valence-corrected chi connectivity index (χ1v) is 6.67. The predicted molar refractivity (Wildman–Crippen MR) is 74.9 cm³/mol. The molecule has 0 aromatic rings. The summed E-state index contributed by atoms with van der Waals surface area (Å²) in [6.45, 7) is -0.834. The van der Waals surface area contributed by atoms with Gasteiger partial charge in [0.25, 0.3) is 5.91 Å². The van der Waals surface area contributed by atoms with Crippen LogP contribution in [-0.2, 0) is 19.2 Å². The molecular formula is C10H18N4O7S. The lowest BCUT2D eigenvalue weighted by Gasteiger charge is -2.23. The molecule has 0 aromatic heterocycles. The van der Waals surface area contributed by atoms with Crippen LogP contribution in [0.3, 0.4) is 0 Å². The average molecular weight is 338 g/mol. The Morgan fingerprint density at radius 2 is 1.82 bits per heavy atom. The van der Waals surface area contributed by atoms with Gasteiger partial charge >= 0.3 is 11.9 Å². The van der Waals surface area contributed by atoms with E-state index in [9.17, 15) is 19.2 Å². The number of amides is 2. The molecule has 0 aliphatic rings. The van der Waals surface area contributed by atoms with Crippen LogP contribution in [0.15, 0.2) is 0 Å². The van der Waals surface area contributed by atoms with Crippen molar-refractivity contribution in [2.75, 3.05) is 12.3 Å². The Hall–Kier alpha value is -1.89. The third-order valence-electron chi connectivity index (χ3n) is 2.50. The van der Waals surface area contributed by atoms with Crippen LogP contribution < -0.4 is 16.6 Å². The predicted octanol–water partition coefficient (Wildman–Crippen LogP) is -2.60. The zero-order valence-electron chi connectivity index (χ0n) is 11.4. The minimum atomic E-state index is -1.38. The van der Waals surface area contributed by atoms with Crippen molar-refractivity contribution in [2.45, 2.75) is 24.9 Å². The summed E-state index contributed by atoms with van der Waals surface area (Å²) >= 11 is 3.86. The van der Waals surface area contributed by atoms with E-state index in [-0.39, 0.29) is 18.6 Å². The highest BCUT2D eigenvalue weighted by Crippen LogP contribution is 1.99. The first-order valence-electron chi connectivity index (χ1n) is 6.04. The Bertz CT molecular complexity index is 433. The van der Waals surface area contributed by atoms with Gasteiger partial charge in [-0.3, -0.25) is 24.4 Å². The van der Waals surface area contributed by atoms with Crippen LogP contribution in [0.2, 0.25) is 0 Å². The largest absolute Gasteiger partial charge is 0.480 e. The molecule has 0 aromatic carbocycles. The van der Waals surface area contributed by atoms with Gasteiger partial charge < -0.3 is 21.3 Å². The molecule has 12 heteroatoms. The third-order valence-corrected chi connectivity index (χ3v) is 2.86. The second-order valence-corrected chi connectivity index (χ2v) is 4.57. The smallest absolute Gasteiger partial charge is 0.324 e. The highest BCUT2D eigenvalue weighted by atomic mass is 32.1. The molecule has 0 heterocycles. The molecule has 0 aliphatic carbocycles. The van der Waals surface area contributed by atoms with Crippen molar-refractivity contribution in [3.63, 3.8) is 0 Å². The van der Waals surface area contributed by atoms with Gasteiger partial charge in [-0.15, -0.1) is 5.59 Å². The van der Waals surface area contributed by atoms with Gasteiger partial charge in [0.15, 0.2) is 0 Å². The lowest BCUT2D eigenvalue weighted by atomic mass is 10.1. The van der Waals surface area contributed by atoms with E-state index in [0.29, 0.717) is 5.01 Å². The summed E-state index contributed by atoms with van der Waals surface area (Å²) in [4.78, 5) is 44.5. The minimum Gasteiger partial charge on any atom is -0.480 e. The molecule has 11 nitrogen and oxygen atoms in total. The van der Waals surface area contributed by atoms with Crippen molar-refractivity contribution >= 4 is 36.4 Å². The molecule has 0 rings (SSSR count). The highest BCUT2D eigenvalue weighted by molar-refractivity contribution is 7.80. The number of hydrazine groups is 1. The number of nitrogens with zero attached hydrogens (tertiary/aromatic N) is 1. The summed E-state index contributed by atoms with van der Waals surface area (Å²) in [7, 11) is 0. The van der Waals surface area contributed by atoms with Crippen LogP contribution >= 0.6 is 12.6 Å². The molecule has 0 aliphatic heterocycles. The summed E-state index contributed by atoms with van der Waals surface area (Å²) in [5, 5.41) is 28.5. The van der Waals surface area contributed by atoms with Gasteiger partial charge in [-0.2, -0.15) is 12.6 Å². The van der Waals surface area contributed by atoms with Crippen molar-refractivity contribution in [1.29, 1.82) is 0 Å². The van der Waals surface area contributed by atoms with Gasteiger partial charge in [-0.1, -0.05) is 0 Å². The summed E-state index contributed by atoms with van der Waals surface area (Å²) in [5.41, 5.74) is 6.64. The maximum atomic E-state index is 11.9. The maximum Gasteiger partial charge on any atom is 0.324 e. The lowest BCUT2D eigenvalue weighted by molar-refractivity contribution is -0.157. The van der Waals surface area contributed by atoms with E-state index in [4.69, 9.17) is 21.2 Å². The van der Waals surface area contributed by atoms with Crippen LogP contribution in [0, 0.1) is 0 Å². The van der Waals surface area contributed by atoms with Crippen molar-refractivity contribution < 1.29 is 34.6 Å². The quantitative estimate of drug-likeness (QED) is 0.166. The van der Waals surface area contributed by atoms with Crippen LogP contribution in [-0.4, -0.2) is 68.6 Å². The first-order chi connectivity index (χ1) is 10.2. The van der Waals surface area contributed by atoms with Gasteiger partial charge in [-0.05, 0) is 6.42 Å². The topological polar surface area (TPSA) is 182 Å². The third kappa shape index (κ3) is 7.21. The van der Waals surface area contributed by atoms with Gasteiger partial charge in [0.2, 0.25) is 5.91 Å². The van der Waals surface area contributed by atoms with Crippen molar-refractivity contribution in [3.8, 4) is 0 Å². The Morgan fingerprint density at radius 1 is 1.23 bits per heavy atom. The van der Waals surface area contributed by atoms with Crippen LogP contribution in [0.25, 0.3) is 0 Å². The van der Waals surface area contributed by atoms with E-state index in [1.165, 1.54) is 5.59 Å². The second-order valence-electron chi connectivity index (χ2n) is 4.20. The summed E-state index contributed by atoms with van der Waals surface area (Å²) in [5.74, 6) is -4.38. The fraction of sp³-hybridized carbons (Fsp3) is 0.600. The average Bonchev–Trinajstić information content (AvgIpc) is 2.46. The Morgan fingerprint density at radius 3 is 2.23 bits per heavy atom. The number of carbonyl (C=O) groups is 4. The normalized spacial score (nSPS) is 13.0. The number of hydrogen-bond donors (Lipinski definition) is 7. The molecule has 0 saturated carbocycles. The molecule has 0 saturated heterocycles. The molecule has 0 radical (unpaired) electrons. The molecule has 0 spiro atoms. The van der Waals surface area contributed by atoms with Gasteiger partial charge in [0.05, 0.1) is 0 Å². The zero-order valence-corrected chi connectivity index (χ0v) is 12.3. The van der Waals surface area contributed by atoms with Crippen LogP contribution in [0.1, 0.15) is 12.8 Å². The fourth-order valence-electron chi connectivity index (χ4n) is 1.35. The van der Waals surface area contributed by atoms with Crippen LogP contribution in [0.5, 0.6) is 0 Å². The number of rotatable bonds is 10. The maximum absolute atomic E-state index is 11.9. The molecule has 7 N–H and O–H groups in total. The highest BCUT2D eigenvalue weighted by Gasteiger charge is 2.26. The second kappa shape index (κ2) is 9.94. The number of nitrogens with two attached hydrogens (primary N) is 1. The van der Waals surface area contributed by atoms with Gasteiger partial charge in [-0.25, -0.2) is 5.01 Å². The number of carboxylic acids is 2. The van der Waals surface area contributed by atoms with E-state index in [1.807, 2.05) is 0 Å². The SMILES string of the molecule is NC(CCC(=O)NC(CS)C(=O)N(CC(=O)O)NO)C(=O)O. The summed E-state index contributed by atoms with van der Waals surface area (Å²) in [6, 6.07) is -2.41. The van der Waals surface area contributed by atoms with Crippen LogP contribution in [0.4, 0.5) is 0 Å². The number of carbonyl (C=O) groups excluding carboxylic acids is 2. The first kappa shape index (κ1) is 20.1.